The van der Waals surface area contributed by atoms with Gasteiger partial charge in [-0.2, -0.15) is 4.31 Å². The SMILES string of the molecule is CC[C@H](Cc1ccccc1)NC(=O)[C@@H](CC(=O)CN(C[C@H](CCCCN)CC(C)=O)S(=O)(=O)CCN)Cc1ccccc1. The monoisotopic (exact) mass is 614 g/mol. The molecule has 0 bridgehead atoms. The van der Waals surface area contributed by atoms with E-state index in [1.54, 1.807) is 0 Å². The van der Waals surface area contributed by atoms with E-state index in [9.17, 15) is 22.8 Å². The van der Waals surface area contributed by atoms with Crippen molar-refractivity contribution in [3.63, 3.8) is 0 Å². The Morgan fingerprint density at radius 2 is 1.47 bits per heavy atom. The molecule has 0 aliphatic rings. The van der Waals surface area contributed by atoms with E-state index < -0.39 is 15.9 Å². The van der Waals surface area contributed by atoms with E-state index in [2.05, 4.69) is 5.32 Å². The van der Waals surface area contributed by atoms with E-state index in [1.165, 1.54) is 11.2 Å². The second-order valence-corrected chi connectivity index (χ2v) is 13.5. The largest absolute Gasteiger partial charge is 0.353 e. The molecule has 0 fully saturated rings. The predicted octanol–water partition coefficient (Wildman–Crippen LogP) is 3.26. The van der Waals surface area contributed by atoms with Crippen LogP contribution < -0.4 is 16.8 Å². The second kappa shape index (κ2) is 19.4. The summed E-state index contributed by atoms with van der Waals surface area (Å²) in [5.41, 5.74) is 13.3. The molecule has 0 radical (unpaired) electrons. The summed E-state index contributed by atoms with van der Waals surface area (Å²) in [7, 11) is -3.85. The number of nitrogens with two attached hydrogens (primary N) is 2. The highest BCUT2D eigenvalue weighted by atomic mass is 32.2. The predicted molar refractivity (Wildman–Crippen MR) is 172 cm³/mol. The Hall–Kier alpha value is -2.92. The standard InChI is InChI=1S/C33H50N4O5S/c1-3-31(22-28-14-8-5-9-15-28)36-33(40)30(21-27-12-6-4-7-13-27)23-32(39)25-37(43(41,42)19-18-35)24-29(20-26(2)38)16-10-11-17-34/h4-9,12-15,29-31H,3,10-11,16-25,34-35H2,1-2H3,(H,36,40)/t29-,30-,31-/m1/s1. The van der Waals surface area contributed by atoms with E-state index in [4.69, 9.17) is 11.5 Å². The number of benzene rings is 2. The second-order valence-electron chi connectivity index (χ2n) is 11.4. The van der Waals surface area contributed by atoms with Gasteiger partial charge < -0.3 is 21.6 Å². The summed E-state index contributed by atoms with van der Waals surface area (Å²) in [4.78, 5) is 39.1. The highest BCUT2D eigenvalue weighted by Gasteiger charge is 2.30. The number of Topliss-reactive ketones (excluding diaryl/α,β-unsaturated/α-hetero) is 2. The maximum absolute atomic E-state index is 13.6. The Morgan fingerprint density at radius 1 is 0.860 bits per heavy atom. The van der Waals surface area contributed by atoms with E-state index in [-0.39, 0.29) is 67.7 Å². The van der Waals surface area contributed by atoms with Crippen molar-refractivity contribution in [2.75, 3.05) is 31.9 Å². The lowest BCUT2D eigenvalue weighted by Crippen LogP contribution is -2.44. The Balaban J connectivity index is 2.24. The zero-order valence-corrected chi connectivity index (χ0v) is 26.6. The zero-order valence-electron chi connectivity index (χ0n) is 25.7. The van der Waals surface area contributed by atoms with Gasteiger partial charge in [-0.3, -0.25) is 9.59 Å². The normalized spacial score (nSPS) is 13.8. The minimum Gasteiger partial charge on any atom is -0.353 e. The molecule has 0 unspecified atom stereocenters. The molecule has 10 heteroatoms. The lowest BCUT2D eigenvalue weighted by Gasteiger charge is -2.27. The average Bonchev–Trinajstić information content (AvgIpc) is 2.97. The smallest absolute Gasteiger partial charge is 0.224 e. The van der Waals surface area contributed by atoms with Crippen LogP contribution in [0.5, 0.6) is 0 Å². The van der Waals surface area contributed by atoms with E-state index in [0.29, 0.717) is 25.8 Å². The third-order valence-corrected chi connectivity index (χ3v) is 9.38. The molecule has 2 aromatic rings. The summed E-state index contributed by atoms with van der Waals surface area (Å²) in [6.45, 7) is 3.59. The number of hydrogen-bond acceptors (Lipinski definition) is 7. The fraction of sp³-hybridized carbons (Fsp3) is 0.545. The van der Waals surface area contributed by atoms with Crippen molar-refractivity contribution in [3.05, 3.63) is 71.8 Å². The van der Waals surface area contributed by atoms with Crippen LogP contribution in [-0.2, 0) is 37.2 Å². The number of nitrogens with zero attached hydrogens (tertiary/aromatic N) is 1. The molecule has 3 atom stereocenters. The molecule has 2 aromatic carbocycles. The van der Waals surface area contributed by atoms with E-state index in [1.807, 2.05) is 67.6 Å². The molecule has 0 saturated heterocycles. The van der Waals surface area contributed by atoms with Crippen LogP contribution in [0.15, 0.2) is 60.7 Å². The highest BCUT2D eigenvalue weighted by molar-refractivity contribution is 7.89. The van der Waals surface area contributed by atoms with Gasteiger partial charge in [0, 0.05) is 37.9 Å². The molecule has 0 aromatic heterocycles. The van der Waals surface area contributed by atoms with Crippen molar-refractivity contribution in [3.8, 4) is 0 Å². The molecule has 9 nitrogen and oxygen atoms in total. The number of carbonyl (C=O) groups is 3. The first kappa shape index (κ1) is 36.3. The molecule has 43 heavy (non-hydrogen) atoms. The molecule has 0 heterocycles. The first-order chi connectivity index (χ1) is 20.6. The van der Waals surface area contributed by atoms with Crippen LogP contribution in [0.4, 0.5) is 0 Å². The number of hydrogen-bond donors (Lipinski definition) is 3. The maximum atomic E-state index is 13.6. The van der Waals surface area contributed by atoms with Gasteiger partial charge in [0.25, 0.3) is 0 Å². The molecule has 1 amide bonds. The summed E-state index contributed by atoms with van der Waals surface area (Å²) in [6, 6.07) is 19.3. The Bertz CT molecular complexity index is 1220. The first-order valence-corrected chi connectivity index (χ1v) is 17.0. The minimum absolute atomic E-state index is 0.0409. The topological polar surface area (TPSA) is 153 Å². The molecule has 0 aliphatic carbocycles. The fourth-order valence-corrected chi connectivity index (χ4v) is 6.63. The quantitative estimate of drug-likeness (QED) is 0.172. The molecule has 0 saturated carbocycles. The van der Waals surface area contributed by atoms with Crippen LogP contribution >= 0.6 is 0 Å². The van der Waals surface area contributed by atoms with Gasteiger partial charge >= 0.3 is 0 Å². The van der Waals surface area contributed by atoms with Gasteiger partial charge in [0.1, 0.15) is 11.6 Å². The van der Waals surface area contributed by atoms with Gasteiger partial charge in [0.15, 0.2) is 0 Å². The Kier molecular flexibility index (Phi) is 16.3. The van der Waals surface area contributed by atoms with Crippen LogP contribution in [0.25, 0.3) is 0 Å². The average molecular weight is 615 g/mol. The van der Waals surface area contributed by atoms with Crippen LogP contribution in [0.1, 0.15) is 63.5 Å². The maximum Gasteiger partial charge on any atom is 0.224 e. The number of carbonyl (C=O) groups excluding carboxylic acids is 3. The number of unbranched alkanes of at least 4 members (excludes halogenated alkanes) is 1. The summed E-state index contributed by atoms with van der Waals surface area (Å²) in [6.07, 6.45) is 3.99. The third-order valence-electron chi connectivity index (χ3n) is 7.56. The first-order valence-electron chi connectivity index (χ1n) is 15.3. The molecule has 238 valence electrons. The van der Waals surface area contributed by atoms with Crippen LogP contribution in [0.2, 0.25) is 0 Å². The Morgan fingerprint density at radius 3 is 2.00 bits per heavy atom. The van der Waals surface area contributed by atoms with Crippen molar-refractivity contribution in [1.82, 2.24) is 9.62 Å². The van der Waals surface area contributed by atoms with Gasteiger partial charge in [0.2, 0.25) is 15.9 Å². The van der Waals surface area contributed by atoms with Crippen LogP contribution in [0, 0.1) is 11.8 Å². The van der Waals surface area contributed by atoms with Gasteiger partial charge in [-0.15, -0.1) is 0 Å². The summed E-state index contributed by atoms with van der Waals surface area (Å²) in [5.74, 6) is -1.83. The lowest BCUT2D eigenvalue weighted by molar-refractivity contribution is -0.130. The number of amides is 1. The van der Waals surface area contributed by atoms with Crippen LogP contribution in [0.3, 0.4) is 0 Å². The molecule has 0 aliphatic heterocycles. The van der Waals surface area contributed by atoms with Crippen molar-refractivity contribution in [2.45, 2.75) is 71.3 Å². The molecule has 2 rings (SSSR count). The summed E-state index contributed by atoms with van der Waals surface area (Å²) < 4.78 is 27.6. The summed E-state index contributed by atoms with van der Waals surface area (Å²) >= 11 is 0. The molecular formula is C33H50N4O5S. The van der Waals surface area contributed by atoms with Gasteiger partial charge in [-0.1, -0.05) is 74.0 Å². The number of rotatable bonds is 22. The summed E-state index contributed by atoms with van der Waals surface area (Å²) in [5, 5.41) is 3.14. The molecule has 0 spiro atoms. The Labute approximate surface area is 257 Å². The number of sulfonamides is 1. The van der Waals surface area contributed by atoms with Crippen LogP contribution in [-0.4, -0.2) is 68.2 Å². The third kappa shape index (κ3) is 13.9. The van der Waals surface area contributed by atoms with Gasteiger partial charge in [0.05, 0.1) is 12.3 Å². The lowest BCUT2D eigenvalue weighted by atomic mass is 9.92. The van der Waals surface area contributed by atoms with E-state index >= 15 is 0 Å². The van der Waals surface area contributed by atoms with Gasteiger partial charge in [-0.05, 0) is 62.6 Å². The van der Waals surface area contributed by atoms with Crippen molar-refractivity contribution in [1.29, 1.82) is 0 Å². The van der Waals surface area contributed by atoms with Crippen molar-refractivity contribution < 1.29 is 22.8 Å². The fourth-order valence-electron chi connectivity index (χ4n) is 5.29. The van der Waals surface area contributed by atoms with Crippen molar-refractivity contribution in [2.24, 2.45) is 23.3 Å². The number of nitrogens with one attached hydrogen (secondary N) is 1. The molecular weight excluding hydrogens is 564 g/mol. The van der Waals surface area contributed by atoms with Crippen molar-refractivity contribution >= 4 is 27.5 Å². The number of ketones is 2. The van der Waals surface area contributed by atoms with Gasteiger partial charge in [-0.25, -0.2) is 8.42 Å². The minimum atomic E-state index is -3.85. The molecule has 5 N–H and O–H groups in total. The zero-order chi connectivity index (χ0) is 31.7. The van der Waals surface area contributed by atoms with E-state index in [0.717, 1.165) is 30.4 Å². The highest BCUT2D eigenvalue weighted by Crippen LogP contribution is 2.20.